The molecule has 2 rings (SSSR count). The maximum atomic E-state index is 13.0. The number of primary amides is 1. The van der Waals surface area contributed by atoms with Crippen molar-refractivity contribution in [2.24, 2.45) is 5.73 Å². The molecule has 3 N–H and O–H groups in total. The minimum absolute atomic E-state index is 0.181. The van der Waals surface area contributed by atoms with Gasteiger partial charge in [-0.1, -0.05) is 20.8 Å². The first-order valence-corrected chi connectivity index (χ1v) is 6.20. The van der Waals surface area contributed by atoms with E-state index in [9.17, 15) is 9.18 Å². The number of nitrogens with one attached hydrogen (secondary N) is 1. The number of hydrogen-bond acceptors (Lipinski definition) is 2. The third kappa shape index (κ3) is 2.96. The first kappa shape index (κ1) is 14.0. The first-order valence-electron chi connectivity index (χ1n) is 6.20. The minimum Gasteiger partial charge on any atom is -0.351 e. The van der Waals surface area contributed by atoms with Crippen molar-refractivity contribution in [1.82, 2.24) is 9.78 Å². The molecule has 1 heterocycles. The Morgan fingerprint density at radius 3 is 2.40 bits per heavy atom. The van der Waals surface area contributed by atoms with Crippen molar-refractivity contribution < 1.29 is 9.18 Å². The molecule has 0 aliphatic carbocycles. The third-order valence-electron chi connectivity index (χ3n) is 2.80. The fraction of sp³-hybridized carbons (Fsp3) is 0.286. The molecule has 5 nitrogen and oxygen atoms in total. The smallest absolute Gasteiger partial charge is 0.317 e. The van der Waals surface area contributed by atoms with Gasteiger partial charge in [0.25, 0.3) is 0 Å². The average Bonchev–Trinajstić information content (AvgIpc) is 2.73. The molecule has 0 fully saturated rings. The number of benzene rings is 1. The number of hydrogen-bond donors (Lipinski definition) is 2. The number of urea groups is 1. The Kier molecular flexibility index (Phi) is 3.48. The van der Waals surface area contributed by atoms with E-state index in [0.29, 0.717) is 11.5 Å². The van der Waals surface area contributed by atoms with E-state index in [-0.39, 0.29) is 11.2 Å². The largest absolute Gasteiger partial charge is 0.351 e. The normalized spacial score (nSPS) is 11.4. The summed E-state index contributed by atoms with van der Waals surface area (Å²) in [5.41, 5.74) is 6.42. The molecule has 0 radical (unpaired) electrons. The highest BCUT2D eigenvalue weighted by Gasteiger charge is 2.21. The number of amides is 2. The zero-order chi connectivity index (χ0) is 14.9. The fourth-order valence-corrected chi connectivity index (χ4v) is 1.74. The van der Waals surface area contributed by atoms with Crippen molar-refractivity contribution in [3.05, 3.63) is 41.8 Å². The van der Waals surface area contributed by atoms with E-state index in [1.54, 1.807) is 18.2 Å². The molecule has 0 aliphatic rings. The fourth-order valence-electron chi connectivity index (χ4n) is 1.74. The van der Waals surface area contributed by atoms with E-state index < -0.39 is 6.03 Å². The lowest BCUT2D eigenvalue weighted by atomic mass is 9.92. The topological polar surface area (TPSA) is 72.9 Å². The molecule has 2 amide bonds. The lowest BCUT2D eigenvalue weighted by molar-refractivity contribution is 0.259. The van der Waals surface area contributed by atoms with Crippen LogP contribution in [0.25, 0.3) is 5.69 Å². The van der Waals surface area contributed by atoms with Gasteiger partial charge in [0, 0.05) is 11.5 Å². The third-order valence-corrected chi connectivity index (χ3v) is 2.80. The Balaban J connectivity index is 2.52. The van der Waals surface area contributed by atoms with Crippen LogP contribution < -0.4 is 11.1 Å². The molecule has 20 heavy (non-hydrogen) atoms. The number of rotatable bonds is 2. The van der Waals surface area contributed by atoms with E-state index >= 15 is 0 Å². The van der Waals surface area contributed by atoms with Crippen molar-refractivity contribution in [2.75, 3.05) is 5.32 Å². The van der Waals surface area contributed by atoms with Gasteiger partial charge in [-0.05, 0) is 24.3 Å². The van der Waals surface area contributed by atoms with Crippen LogP contribution in [0, 0.1) is 5.82 Å². The van der Waals surface area contributed by atoms with Crippen LogP contribution in [0.4, 0.5) is 15.0 Å². The van der Waals surface area contributed by atoms with E-state index in [0.717, 1.165) is 5.69 Å². The van der Waals surface area contributed by atoms with E-state index in [4.69, 9.17) is 5.73 Å². The van der Waals surface area contributed by atoms with Crippen LogP contribution >= 0.6 is 0 Å². The van der Waals surface area contributed by atoms with Crippen molar-refractivity contribution >= 4 is 11.8 Å². The Hall–Kier alpha value is -2.37. The van der Waals surface area contributed by atoms with Crippen molar-refractivity contribution in [3.8, 4) is 5.69 Å². The van der Waals surface area contributed by atoms with Gasteiger partial charge in [0.1, 0.15) is 11.6 Å². The SMILES string of the molecule is CC(C)(C)c1cc(NC(N)=O)n(-c2ccc(F)cc2)n1. The van der Waals surface area contributed by atoms with Gasteiger partial charge in [0.2, 0.25) is 0 Å². The number of nitrogens with two attached hydrogens (primary N) is 1. The molecule has 0 saturated heterocycles. The van der Waals surface area contributed by atoms with Gasteiger partial charge in [-0.15, -0.1) is 0 Å². The Morgan fingerprint density at radius 1 is 1.30 bits per heavy atom. The molecular weight excluding hydrogens is 259 g/mol. The highest BCUT2D eigenvalue weighted by atomic mass is 19.1. The maximum absolute atomic E-state index is 13.0. The van der Waals surface area contributed by atoms with Crippen LogP contribution in [-0.2, 0) is 5.41 Å². The van der Waals surface area contributed by atoms with Gasteiger partial charge in [-0.25, -0.2) is 13.9 Å². The molecule has 1 aromatic carbocycles. The molecule has 1 aromatic heterocycles. The lowest BCUT2D eigenvalue weighted by Gasteiger charge is -2.14. The number of aromatic nitrogens is 2. The molecule has 0 saturated carbocycles. The second kappa shape index (κ2) is 4.96. The highest BCUT2D eigenvalue weighted by Crippen LogP contribution is 2.26. The molecule has 106 valence electrons. The Labute approximate surface area is 116 Å². The summed E-state index contributed by atoms with van der Waals surface area (Å²) in [5, 5.41) is 6.98. The second-order valence-corrected chi connectivity index (χ2v) is 5.54. The number of carbonyl (C=O) groups is 1. The summed E-state index contributed by atoms with van der Waals surface area (Å²) < 4.78 is 14.5. The monoisotopic (exact) mass is 276 g/mol. The Bertz CT molecular complexity index is 626. The minimum atomic E-state index is -0.672. The molecule has 0 bridgehead atoms. The van der Waals surface area contributed by atoms with Gasteiger partial charge in [0.15, 0.2) is 0 Å². The summed E-state index contributed by atoms with van der Waals surface area (Å²) in [4.78, 5) is 11.1. The van der Waals surface area contributed by atoms with Crippen LogP contribution in [0.15, 0.2) is 30.3 Å². The predicted molar refractivity (Wildman–Crippen MR) is 75.4 cm³/mol. The summed E-state index contributed by atoms with van der Waals surface area (Å²) in [6.45, 7) is 6.04. The molecule has 0 unspecified atom stereocenters. The van der Waals surface area contributed by atoms with Crippen molar-refractivity contribution in [1.29, 1.82) is 0 Å². The van der Waals surface area contributed by atoms with E-state index in [2.05, 4.69) is 10.4 Å². The molecule has 0 atom stereocenters. The summed E-state index contributed by atoms with van der Waals surface area (Å²) in [6, 6.07) is 6.92. The molecule has 2 aromatic rings. The standard InChI is InChI=1S/C14H17FN4O/c1-14(2,3)11-8-12(17-13(16)20)19(18-11)10-6-4-9(15)5-7-10/h4-8H,1-3H3,(H3,16,17,20). The van der Waals surface area contributed by atoms with Gasteiger partial charge in [0.05, 0.1) is 11.4 Å². The zero-order valence-corrected chi connectivity index (χ0v) is 11.6. The van der Waals surface area contributed by atoms with E-state index in [1.165, 1.54) is 16.8 Å². The summed E-state index contributed by atoms with van der Waals surface area (Å²) in [6.07, 6.45) is 0. The van der Waals surface area contributed by atoms with Gasteiger partial charge >= 0.3 is 6.03 Å². The quantitative estimate of drug-likeness (QED) is 0.885. The lowest BCUT2D eigenvalue weighted by Crippen LogP contribution is -2.21. The molecule has 6 heteroatoms. The van der Waals surface area contributed by atoms with Crippen molar-refractivity contribution in [2.45, 2.75) is 26.2 Å². The zero-order valence-electron chi connectivity index (χ0n) is 11.6. The molecule has 0 aliphatic heterocycles. The van der Waals surface area contributed by atoms with Crippen LogP contribution in [0.2, 0.25) is 0 Å². The van der Waals surface area contributed by atoms with Gasteiger partial charge in [-0.3, -0.25) is 5.32 Å². The summed E-state index contributed by atoms with van der Waals surface area (Å²) in [5.74, 6) is 0.121. The van der Waals surface area contributed by atoms with Crippen LogP contribution in [0.1, 0.15) is 26.5 Å². The van der Waals surface area contributed by atoms with Gasteiger partial charge in [-0.2, -0.15) is 5.10 Å². The van der Waals surface area contributed by atoms with Crippen LogP contribution in [0.3, 0.4) is 0 Å². The first-order chi connectivity index (χ1) is 9.27. The predicted octanol–water partition coefficient (Wildman–Crippen LogP) is 2.80. The Morgan fingerprint density at radius 2 is 1.90 bits per heavy atom. The second-order valence-electron chi connectivity index (χ2n) is 5.54. The van der Waals surface area contributed by atoms with Crippen LogP contribution in [-0.4, -0.2) is 15.8 Å². The molecular formula is C14H17FN4O. The van der Waals surface area contributed by atoms with Crippen molar-refractivity contribution in [3.63, 3.8) is 0 Å². The number of carbonyl (C=O) groups excluding carboxylic acids is 1. The number of halogens is 1. The van der Waals surface area contributed by atoms with E-state index in [1.807, 2.05) is 20.8 Å². The molecule has 0 spiro atoms. The summed E-state index contributed by atoms with van der Waals surface area (Å²) in [7, 11) is 0. The van der Waals surface area contributed by atoms with Gasteiger partial charge < -0.3 is 5.73 Å². The number of anilines is 1. The highest BCUT2D eigenvalue weighted by molar-refractivity contribution is 5.87. The number of nitrogens with zero attached hydrogens (tertiary/aromatic N) is 2. The average molecular weight is 276 g/mol. The summed E-state index contributed by atoms with van der Waals surface area (Å²) >= 11 is 0. The van der Waals surface area contributed by atoms with Crippen LogP contribution in [0.5, 0.6) is 0 Å². The maximum Gasteiger partial charge on any atom is 0.317 e.